The second-order valence-electron chi connectivity index (χ2n) is 3.77. The Labute approximate surface area is 102 Å². The first kappa shape index (κ1) is 11.9. The van der Waals surface area contributed by atoms with Crippen LogP contribution in [0.2, 0.25) is 0 Å². The van der Waals surface area contributed by atoms with Crippen molar-refractivity contribution in [1.29, 1.82) is 0 Å². The highest BCUT2D eigenvalue weighted by Gasteiger charge is 2.37. The van der Waals surface area contributed by atoms with Crippen LogP contribution < -0.4 is 4.90 Å². The third-order valence-electron chi connectivity index (χ3n) is 2.61. The molecule has 1 aromatic heterocycles. The average molecular weight is 256 g/mol. The highest BCUT2D eigenvalue weighted by atomic mass is 32.2. The summed E-state index contributed by atoms with van der Waals surface area (Å²) in [5.41, 5.74) is 0. The van der Waals surface area contributed by atoms with Gasteiger partial charge in [0.2, 0.25) is 5.91 Å². The molecule has 2 rings (SSSR count). The number of anilines is 1. The number of rotatable bonds is 3. The van der Waals surface area contributed by atoms with Crippen molar-refractivity contribution in [3.63, 3.8) is 0 Å². The standard InChI is InChI=1S/C9H12N4O3S/c1-12-9(17-2)10-8(11-12)13-4-5(7(15)16)3-6(13)14/h5H,3-4H2,1-2H3,(H,15,16). The van der Waals surface area contributed by atoms with Gasteiger partial charge in [0.1, 0.15) is 0 Å². The van der Waals surface area contributed by atoms with Crippen LogP contribution >= 0.6 is 11.8 Å². The highest BCUT2D eigenvalue weighted by Crippen LogP contribution is 2.24. The number of hydrogen-bond donors (Lipinski definition) is 1. The first-order chi connectivity index (χ1) is 8.02. The lowest BCUT2D eigenvalue weighted by molar-refractivity contribution is -0.141. The van der Waals surface area contributed by atoms with Crippen LogP contribution in [-0.4, -0.2) is 44.5 Å². The molecule has 1 aromatic rings. The number of aromatic nitrogens is 3. The Balaban J connectivity index is 2.22. The largest absolute Gasteiger partial charge is 0.481 e. The van der Waals surface area contributed by atoms with Crippen molar-refractivity contribution in [2.24, 2.45) is 13.0 Å². The maximum Gasteiger partial charge on any atom is 0.308 e. The summed E-state index contributed by atoms with van der Waals surface area (Å²) in [6, 6.07) is 0. The minimum atomic E-state index is -0.957. The first-order valence-corrected chi connectivity index (χ1v) is 6.23. The van der Waals surface area contributed by atoms with Gasteiger partial charge < -0.3 is 5.11 Å². The molecule has 8 heteroatoms. The molecule has 1 amide bonds. The quantitative estimate of drug-likeness (QED) is 0.764. The summed E-state index contributed by atoms with van der Waals surface area (Å²) < 4.78 is 1.57. The third-order valence-corrected chi connectivity index (χ3v) is 3.33. The van der Waals surface area contributed by atoms with Crippen molar-refractivity contribution in [2.75, 3.05) is 17.7 Å². The van der Waals surface area contributed by atoms with Crippen LogP contribution in [0.15, 0.2) is 5.16 Å². The number of thioether (sulfide) groups is 1. The zero-order chi connectivity index (χ0) is 12.6. The molecule has 1 atom stereocenters. The van der Waals surface area contributed by atoms with Crippen LogP contribution in [0.1, 0.15) is 6.42 Å². The van der Waals surface area contributed by atoms with Crippen LogP contribution in [0.25, 0.3) is 0 Å². The first-order valence-electron chi connectivity index (χ1n) is 5.01. The molecule has 7 nitrogen and oxygen atoms in total. The van der Waals surface area contributed by atoms with Gasteiger partial charge in [0.05, 0.1) is 5.92 Å². The van der Waals surface area contributed by atoms with Gasteiger partial charge >= 0.3 is 5.97 Å². The van der Waals surface area contributed by atoms with E-state index >= 15 is 0 Å². The van der Waals surface area contributed by atoms with Crippen LogP contribution in [0, 0.1) is 5.92 Å². The molecule has 1 aliphatic heterocycles. The summed E-state index contributed by atoms with van der Waals surface area (Å²) in [7, 11) is 1.73. The number of amides is 1. The molecule has 0 aliphatic carbocycles. The van der Waals surface area contributed by atoms with Crippen molar-refractivity contribution >= 4 is 29.6 Å². The van der Waals surface area contributed by atoms with Crippen LogP contribution in [-0.2, 0) is 16.6 Å². The van der Waals surface area contributed by atoms with Gasteiger partial charge in [-0.05, 0) is 6.26 Å². The van der Waals surface area contributed by atoms with Crippen molar-refractivity contribution in [3.05, 3.63) is 0 Å². The van der Waals surface area contributed by atoms with Gasteiger partial charge in [-0.1, -0.05) is 11.8 Å². The molecule has 1 unspecified atom stereocenters. The topological polar surface area (TPSA) is 88.3 Å². The van der Waals surface area contributed by atoms with Gasteiger partial charge in [-0.3, -0.25) is 14.5 Å². The van der Waals surface area contributed by atoms with Crippen molar-refractivity contribution in [1.82, 2.24) is 14.8 Å². The second kappa shape index (κ2) is 4.36. The second-order valence-corrected chi connectivity index (χ2v) is 4.54. The van der Waals surface area contributed by atoms with E-state index in [0.717, 1.165) is 0 Å². The monoisotopic (exact) mass is 256 g/mol. The van der Waals surface area contributed by atoms with E-state index < -0.39 is 11.9 Å². The Morgan fingerprint density at radius 1 is 1.59 bits per heavy atom. The summed E-state index contributed by atoms with van der Waals surface area (Å²) in [5.74, 6) is -1.58. The van der Waals surface area contributed by atoms with E-state index in [9.17, 15) is 9.59 Å². The summed E-state index contributed by atoms with van der Waals surface area (Å²) in [5, 5.41) is 13.7. The fourth-order valence-electron chi connectivity index (χ4n) is 1.72. The minimum Gasteiger partial charge on any atom is -0.481 e. The van der Waals surface area contributed by atoms with Crippen molar-refractivity contribution in [3.8, 4) is 0 Å². The van der Waals surface area contributed by atoms with Crippen LogP contribution in [0.5, 0.6) is 0 Å². The minimum absolute atomic E-state index is 0.0161. The molecule has 0 aromatic carbocycles. The molecule has 1 fully saturated rings. The Kier molecular flexibility index (Phi) is 3.05. The molecule has 1 saturated heterocycles. The number of carboxylic acids is 1. The normalized spacial score (nSPS) is 20.0. The predicted molar refractivity (Wildman–Crippen MR) is 60.9 cm³/mol. The lowest BCUT2D eigenvalue weighted by Crippen LogP contribution is -2.27. The molecule has 1 aliphatic rings. The summed E-state index contributed by atoms with van der Waals surface area (Å²) >= 11 is 1.42. The molecule has 2 heterocycles. The SMILES string of the molecule is CSc1nc(N2CC(C(=O)O)CC2=O)nn1C. The number of hydrogen-bond acceptors (Lipinski definition) is 5. The fraction of sp³-hybridized carbons (Fsp3) is 0.556. The van der Waals surface area contributed by atoms with Gasteiger partial charge in [-0.2, -0.15) is 4.98 Å². The smallest absolute Gasteiger partial charge is 0.308 e. The molecule has 0 radical (unpaired) electrons. The van der Waals surface area contributed by atoms with Crippen molar-refractivity contribution < 1.29 is 14.7 Å². The number of aryl methyl sites for hydroxylation is 1. The lowest BCUT2D eigenvalue weighted by Gasteiger charge is -2.09. The molecular weight excluding hydrogens is 244 g/mol. The number of carboxylic acid groups (broad SMARTS) is 1. The van der Waals surface area contributed by atoms with Gasteiger partial charge in [0.25, 0.3) is 5.95 Å². The average Bonchev–Trinajstić information content (AvgIpc) is 2.81. The number of nitrogens with zero attached hydrogens (tertiary/aromatic N) is 4. The Bertz CT molecular complexity index is 473. The summed E-state index contributed by atoms with van der Waals surface area (Å²) in [6.07, 6.45) is 1.88. The third kappa shape index (κ3) is 2.12. The van der Waals surface area contributed by atoms with E-state index in [1.54, 1.807) is 11.7 Å². The number of carbonyl (C=O) groups is 2. The van der Waals surface area contributed by atoms with Gasteiger partial charge in [-0.25, -0.2) is 4.68 Å². The van der Waals surface area contributed by atoms with Crippen LogP contribution in [0.4, 0.5) is 5.95 Å². The van der Waals surface area contributed by atoms with E-state index in [2.05, 4.69) is 10.1 Å². The molecule has 0 saturated carbocycles. The maximum atomic E-state index is 11.7. The molecule has 0 spiro atoms. The Morgan fingerprint density at radius 3 is 2.76 bits per heavy atom. The zero-order valence-electron chi connectivity index (χ0n) is 9.45. The summed E-state index contributed by atoms with van der Waals surface area (Å²) in [4.78, 5) is 28.0. The maximum absolute atomic E-state index is 11.7. The van der Waals surface area contributed by atoms with Gasteiger partial charge in [0.15, 0.2) is 5.16 Å². The predicted octanol–water partition coefficient (Wildman–Crippen LogP) is -0.0255. The zero-order valence-corrected chi connectivity index (χ0v) is 10.3. The molecule has 0 bridgehead atoms. The lowest BCUT2D eigenvalue weighted by atomic mass is 10.1. The van der Waals surface area contributed by atoms with E-state index in [1.165, 1.54) is 16.7 Å². The fourth-order valence-corrected chi connectivity index (χ4v) is 2.19. The molecule has 1 N–H and O–H groups in total. The van der Waals surface area contributed by atoms with Crippen molar-refractivity contribution in [2.45, 2.75) is 11.6 Å². The number of carbonyl (C=O) groups excluding carboxylic acids is 1. The van der Waals surface area contributed by atoms with E-state index in [4.69, 9.17) is 5.11 Å². The number of aliphatic carboxylic acids is 1. The Hall–Kier alpha value is -1.57. The van der Waals surface area contributed by atoms with Gasteiger partial charge in [0, 0.05) is 20.0 Å². The van der Waals surface area contributed by atoms with E-state index in [0.29, 0.717) is 5.16 Å². The Morgan fingerprint density at radius 2 is 2.29 bits per heavy atom. The van der Waals surface area contributed by atoms with Gasteiger partial charge in [-0.15, -0.1) is 5.10 Å². The van der Waals surface area contributed by atoms with Crippen LogP contribution in [0.3, 0.4) is 0 Å². The highest BCUT2D eigenvalue weighted by molar-refractivity contribution is 7.98. The molecule has 17 heavy (non-hydrogen) atoms. The molecular formula is C9H12N4O3S. The molecule has 92 valence electrons. The van der Waals surface area contributed by atoms with E-state index in [1.807, 2.05) is 6.26 Å². The summed E-state index contributed by atoms with van der Waals surface area (Å²) in [6.45, 7) is 0.145. The van der Waals surface area contributed by atoms with E-state index in [-0.39, 0.29) is 24.8 Å².